The number of hydrogen-bond donors (Lipinski definition) is 0. The summed E-state index contributed by atoms with van der Waals surface area (Å²) < 4.78 is 6.65. The lowest BCUT2D eigenvalue weighted by atomic mass is 9.64. The van der Waals surface area contributed by atoms with Crippen molar-refractivity contribution < 1.29 is 4.42 Å². The van der Waals surface area contributed by atoms with Gasteiger partial charge in [-0.25, -0.2) is 0 Å². The topological polar surface area (TPSA) is 19.6 Å². The average molecular weight is 893 g/mol. The molecule has 2 aliphatic rings. The molecule has 11 aromatic carbocycles. The zero-order chi connectivity index (χ0) is 46.2. The lowest BCUT2D eigenvalue weighted by molar-refractivity contribution is 0.670. The summed E-state index contributed by atoms with van der Waals surface area (Å²) in [5, 5.41) is 2.23. The normalized spacial score (nSPS) is 12.9. The highest BCUT2D eigenvalue weighted by Crippen LogP contribution is 2.64. The van der Waals surface area contributed by atoms with Crippen LogP contribution in [0.4, 0.5) is 34.1 Å². The average Bonchev–Trinajstić information content (AvgIpc) is 3.96. The lowest BCUT2D eigenvalue weighted by Crippen LogP contribution is -2.36. The molecular formula is C67H44N2O. The van der Waals surface area contributed by atoms with E-state index in [1.807, 2.05) is 6.07 Å². The van der Waals surface area contributed by atoms with Crippen LogP contribution >= 0.6 is 0 Å². The molecule has 70 heavy (non-hydrogen) atoms. The standard InChI is InChI=1S/C67H44N2O/c1-3-19-45(20-4-1)46-37-39-47(40-38-46)52-25-8-13-33-62(52)68(50-24-17-21-48(43-50)53-28-18-29-57-56-27-9-16-36-65(56)70-66(53)57)51-41-42-55-54-26-7-10-30-58(54)67(61(55)44-51)59-31-11-14-34-63(59)69(49-22-5-2-6-23-49)64-35-15-12-32-60(64)67/h1-44H. The molecule has 1 aromatic heterocycles. The minimum atomic E-state index is -0.613. The molecule has 0 fully saturated rings. The van der Waals surface area contributed by atoms with Crippen molar-refractivity contribution in [2.45, 2.75) is 5.41 Å². The molecule has 1 spiro atoms. The minimum absolute atomic E-state index is 0.613. The second-order valence-corrected chi connectivity index (χ2v) is 18.4. The smallest absolute Gasteiger partial charge is 0.143 e. The van der Waals surface area contributed by atoms with Crippen molar-refractivity contribution in [2.24, 2.45) is 0 Å². The molecule has 1 aliphatic heterocycles. The first-order chi connectivity index (χ1) is 34.7. The molecular weight excluding hydrogens is 849 g/mol. The maximum absolute atomic E-state index is 6.65. The van der Waals surface area contributed by atoms with Crippen LogP contribution in [0.15, 0.2) is 271 Å². The Kier molecular flexibility index (Phi) is 9.11. The number of anilines is 6. The van der Waals surface area contributed by atoms with Gasteiger partial charge in [0.05, 0.1) is 22.5 Å². The Morgan fingerprint density at radius 2 is 0.871 bits per heavy atom. The van der Waals surface area contributed by atoms with E-state index in [9.17, 15) is 0 Å². The van der Waals surface area contributed by atoms with Crippen LogP contribution < -0.4 is 9.80 Å². The molecule has 0 amide bonds. The van der Waals surface area contributed by atoms with E-state index >= 15 is 0 Å². The predicted molar refractivity (Wildman–Crippen MR) is 290 cm³/mol. The quantitative estimate of drug-likeness (QED) is 0.159. The zero-order valence-electron chi connectivity index (χ0n) is 38.2. The van der Waals surface area contributed by atoms with E-state index in [0.29, 0.717) is 0 Å². The Bertz CT molecular complexity index is 3920. The van der Waals surface area contributed by atoms with Crippen LogP contribution in [-0.2, 0) is 5.41 Å². The third-order valence-electron chi connectivity index (χ3n) is 14.7. The Morgan fingerprint density at radius 3 is 1.66 bits per heavy atom. The highest BCUT2D eigenvalue weighted by atomic mass is 16.3. The molecule has 2 heterocycles. The fraction of sp³-hybridized carbons (Fsp3) is 0.0149. The van der Waals surface area contributed by atoms with Crippen LogP contribution in [0, 0.1) is 0 Å². The lowest BCUT2D eigenvalue weighted by Gasteiger charge is -2.45. The van der Waals surface area contributed by atoms with E-state index in [-0.39, 0.29) is 0 Å². The maximum atomic E-state index is 6.65. The van der Waals surface area contributed by atoms with Gasteiger partial charge in [-0.1, -0.05) is 206 Å². The van der Waals surface area contributed by atoms with E-state index in [2.05, 4.69) is 271 Å². The number of para-hydroxylation sites is 6. The van der Waals surface area contributed by atoms with Gasteiger partial charge in [-0.3, -0.25) is 0 Å². The van der Waals surface area contributed by atoms with Gasteiger partial charge in [0.1, 0.15) is 11.2 Å². The van der Waals surface area contributed by atoms with E-state index in [1.54, 1.807) is 0 Å². The number of rotatable bonds is 7. The number of hydrogen-bond acceptors (Lipinski definition) is 3. The van der Waals surface area contributed by atoms with Crippen LogP contribution in [0.25, 0.3) is 66.4 Å². The fourth-order valence-corrected chi connectivity index (χ4v) is 11.7. The van der Waals surface area contributed by atoms with Gasteiger partial charge in [-0.15, -0.1) is 0 Å². The second kappa shape index (κ2) is 16.0. The molecule has 12 aromatic rings. The van der Waals surface area contributed by atoms with E-state index in [1.165, 1.54) is 55.9 Å². The van der Waals surface area contributed by atoms with E-state index in [0.717, 1.165) is 66.9 Å². The van der Waals surface area contributed by atoms with Gasteiger partial charge >= 0.3 is 0 Å². The third kappa shape index (κ3) is 6.01. The number of nitrogens with zero attached hydrogens (tertiary/aromatic N) is 2. The largest absolute Gasteiger partial charge is 0.455 e. The molecule has 1 aliphatic carbocycles. The maximum Gasteiger partial charge on any atom is 0.143 e. The molecule has 3 nitrogen and oxygen atoms in total. The highest BCUT2D eigenvalue weighted by Gasteiger charge is 2.52. The summed E-state index contributed by atoms with van der Waals surface area (Å²) in [4.78, 5) is 4.91. The second-order valence-electron chi connectivity index (χ2n) is 18.4. The van der Waals surface area contributed by atoms with E-state index < -0.39 is 5.41 Å². The number of benzene rings is 11. The Hall–Kier alpha value is -9.18. The summed E-state index contributed by atoms with van der Waals surface area (Å²) in [6.07, 6.45) is 0. The van der Waals surface area contributed by atoms with Gasteiger partial charge in [0.25, 0.3) is 0 Å². The minimum Gasteiger partial charge on any atom is -0.455 e. The van der Waals surface area contributed by atoms with Crippen molar-refractivity contribution in [1.29, 1.82) is 0 Å². The van der Waals surface area contributed by atoms with Crippen molar-refractivity contribution in [3.8, 4) is 44.5 Å². The SMILES string of the molecule is c1ccc(-c2ccc(-c3ccccc3N(c3cccc(-c4cccc5c4oc4ccccc45)c3)c3ccc4c(c3)C3(c5ccccc5-4)c4ccccc4N(c4ccccc4)c4ccccc43)cc2)cc1. The highest BCUT2D eigenvalue weighted by molar-refractivity contribution is 6.10. The van der Waals surface area contributed by atoms with Gasteiger partial charge in [0.15, 0.2) is 0 Å². The summed E-state index contributed by atoms with van der Waals surface area (Å²) >= 11 is 0. The van der Waals surface area contributed by atoms with E-state index in [4.69, 9.17) is 4.42 Å². The Balaban J connectivity index is 1.01. The molecule has 0 radical (unpaired) electrons. The van der Waals surface area contributed by atoms with Gasteiger partial charge < -0.3 is 14.2 Å². The van der Waals surface area contributed by atoms with Crippen molar-refractivity contribution in [2.75, 3.05) is 9.80 Å². The first kappa shape index (κ1) is 39.9. The molecule has 0 unspecified atom stereocenters. The molecule has 0 saturated heterocycles. The molecule has 3 heteroatoms. The first-order valence-corrected chi connectivity index (χ1v) is 24.1. The molecule has 14 rings (SSSR count). The molecule has 0 bridgehead atoms. The summed E-state index contributed by atoms with van der Waals surface area (Å²) in [6.45, 7) is 0. The van der Waals surface area contributed by atoms with Crippen LogP contribution in [-0.4, -0.2) is 0 Å². The summed E-state index contributed by atoms with van der Waals surface area (Å²) in [5.74, 6) is 0. The Labute approximate surface area is 407 Å². The summed E-state index contributed by atoms with van der Waals surface area (Å²) in [7, 11) is 0. The van der Waals surface area contributed by atoms with Crippen molar-refractivity contribution in [1.82, 2.24) is 0 Å². The monoisotopic (exact) mass is 892 g/mol. The molecule has 0 atom stereocenters. The number of furan rings is 1. The van der Waals surface area contributed by atoms with Gasteiger partial charge in [-0.2, -0.15) is 0 Å². The van der Waals surface area contributed by atoms with Gasteiger partial charge in [0.2, 0.25) is 0 Å². The van der Waals surface area contributed by atoms with Crippen LogP contribution in [0.2, 0.25) is 0 Å². The molecule has 0 N–H and O–H groups in total. The molecule has 0 saturated carbocycles. The zero-order valence-corrected chi connectivity index (χ0v) is 38.2. The summed E-state index contributed by atoms with van der Waals surface area (Å²) in [6, 6.07) is 97.4. The van der Waals surface area contributed by atoms with Crippen LogP contribution in [0.3, 0.4) is 0 Å². The summed E-state index contributed by atoms with van der Waals surface area (Å²) in [5.41, 5.74) is 22.2. The first-order valence-electron chi connectivity index (χ1n) is 24.1. The fourth-order valence-electron chi connectivity index (χ4n) is 11.7. The van der Waals surface area contributed by atoms with Crippen molar-refractivity contribution >= 4 is 56.1 Å². The molecule has 328 valence electrons. The predicted octanol–water partition coefficient (Wildman–Crippen LogP) is 18.2. The van der Waals surface area contributed by atoms with Crippen LogP contribution in [0.1, 0.15) is 22.3 Å². The third-order valence-corrected chi connectivity index (χ3v) is 14.7. The van der Waals surface area contributed by atoms with Crippen molar-refractivity contribution in [3.05, 3.63) is 289 Å². The van der Waals surface area contributed by atoms with Gasteiger partial charge in [-0.05, 0) is 116 Å². The van der Waals surface area contributed by atoms with Crippen LogP contribution in [0.5, 0.6) is 0 Å². The Morgan fingerprint density at radius 1 is 0.329 bits per heavy atom. The van der Waals surface area contributed by atoms with Crippen molar-refractivity contribution in [3.63, 3.8) is 0 Å². The van der Waals surface area contributed by atoms with Gasteiger partial charge in [0, 0.05) is 39.0 Å². The number of fused-ring (bicyclic) bond motifs is 12.